The molecule has 0 amide bonds. The van der Waals surface area contributed by atoms with Gasteiger partial charge in [0, 0.05) is 4.47 Å². The highest BCUT2D eigenvalue weighted by Crippen LogP contribution is 2.50. The summed E-state index contributed by atoms with van der Waals surface area (Å²) in [4.78, 5) is 12.6. The summed E-state index contributed by atoms with van der Waals surface area (Å²) < 4.78 is 23.2. The van der Waals surface area contributed by atoms with Crippen LogP contribution in [0.3, 0.4) is 0 Å². The summed E-state index contributed by atoms with van der Waals surface area (Å²) in [7, 11) is 4.45. The first-order chi connectivity index (χ1) is 11.9. The summed E-state index contributed by atoms with van der Waals surface area (Å²) in [6, 6.07) is 7.53. The van der Waals surface area contributed by atoms with E-state index in [1.165, 1.54) is 21.3 Å². The van der Waals surface area contributed by atoms with Crippen molar-refractivity contribution >= 4 is 53.8 Å². The number of esters is 1. The third-order valence-electron chi connectivity index (χ3n) is 3.33. The summed E-state index contributed by atoms with van der Waals surface area (Å²) in [5, 5.41) is 0. The number of benzene rings is 2. The molecule has 0 aliphatic heterocycles. The topological polar surface area (TPSA) is 54.0 Å². The van der Waals surface area contributed by atoms with Crippen LogP contribution in [0.25, 0.3) is 0 Å². The van der Waals surface area contributed by atoms with Crippen LogP contribution in [0.2, 0.25) is 0 Å². The predicted molar refractivity (Wildman–Crippen MR) is 105 cm³/mol. The first kappa shape index (κ1) is 20.1. The minimum atomic E-state index is -0.530. The number of ether oxygens (including phenoxy) is 4. The molecular formula is C17H15Br3O5. The van der Waals surface area contributed by atoms with Gasteiger partial charge in [-0.3, -0.25) is 0 Å². The second-order valence-corrected chi connectivity index (χ2v) is 7.31. The summed E-state index contributed by atoms with van der Waals surface area (Å²) in [6.07, 6.45) is 0. The minimum absolute atomic E-state index is 0.133. The molecule has 0 radical (unpaired) electrons. The zero-order valence-corrected chi connectivity index (χ0v) is 18.4. The maximum atomic E-state index is 12.6. The molecular weight excluding hydrogens is 524 g/mol. The number of methoxy groups -OCH3 is 3. The second kappa shape index (κ2) is 8.91. The fourth-order valence-corrected chi connectivity index (χ4v) is 4.32. The van der Waals surface area contributed by atoms with E-state index in [-0.39, 0.29) is 12.2 Å². The lowest BCUT2D eigenvalue weighted by atomic mass is 10.1. The lowest BCUT2D eigenvalue weighted by Crippen LogP contribution is -2.10. The van der Waals surface area contributed by atoms with Gasteiger partial charge in [-0.05, 0) is 49.6 Å². The average Bonchev–Trinajstić information content (AvgIpc) is 2.59. The van der Waals surface area contributed by atoms with Crippen LogP contribution < -0.4 is 14.2 Å². The molecule has 0 heterocycles. The molecule has 0 aliphatic rings. The van der Waals surface area contributed by atoms with Gasteiger partial charge in [0.2, 0.25) is 5.75 Å². The van der Waals surface area contributed by atoms with E-state index in [0.29, 0.717) is 26.2 Å². The molecule has 0 saturated carbocycles. The van der Waals surface area contributed by atoms with E-state index in [0.717, 1.165) is 10.0 Å². The molecule has 2 aromatic carbocycles. The number of hydrogen-bond donors (Lipinski definition) is 0. The second-order valence-electron chi connectivity index (χ2n) is 4.81. The van der Waals surface area contributed by atoms with Gasteiger partial charge in [-0.15, -0.1) is 0 Å². The molecule has 0 bridgehead atoms. The van der Waals surface area contributed by atoms with Crippen molar-refractivity contribution < 1.29 is 23.7 Å². The van der Waals surface area contributed by atoms with Gasteiger partial charge in [0.15, 0.2) is 11.5 Å². The lowest BCUT2D eigenvalue weighted by Gasteiger charge is -2.18. The monoisotopic (exact) mass is 536 g/mol. The quantitative estimate of drug-likeness (QED) is 0.464. The summed E-state index contributed by atoms with van der Waals surface area (Å²) in [5.41, 5.74) is 1.12. The molecule has 2 rings (SSSR count). The Balaban J connectivity index is 2.38. The Kier molecular flexibility index (Phi) is 7.15. The maximum absolute atomic E-state index is 12.6. The van der Waals surface area contributed by atoms with E-state index in [9.17, 15) is 4.79 Å². The largest absolute Gasteiger partial charge is 0.492 e. The van der Waals surface area contributed by atoms with Crippen LogP contribution in [0.15, 0.2) is 37.7 Å². The van der Waals surface area contributed by atoms with E-state index in [2.05, 4.69) is 47.8 Å². The van der Waals surface area contributed by atoms with Gasteiger partial charge in [0.1, 0.15) is 6.61 Å². The first-order valence-corrected chi connectivity index (χ1v) is 9.40. The third kappa shape index (κ3) is 4.30. The highest BCUT2D eigenvalue weighted by molar-refractivity contribution is 9.11. The minimum Gasteiger partial charge on any atom is -0.492 e. The molecule has 2 aromatic rings. The van der Waals surface area contributed by atoms with Gasteiger partial charge in [-0.2, -0.15) is 0 Å². The van der Waals surface area contributed by atoms with Gasteiger partial charge in [0.25, 0.3) is 0 Å². The van der Waals surface area contributed by atoms with Crippen LogP contribution in [0.5, 0.6) is 17.2 Å². The normalized spacial score (nSPS) is 10.3. The molecule has 0 unspecified atom stereocenters. The van der Waals surface area contributed by atoms with Crippen LogP contribution in [0.4, 0.5) is 0 Å². The molecule has 25 heavy (non-hydrogen) atoms. The van der Waals surface area contributed by atoms with Crippen molar-refractivity contribution in [3.63, 3.8) is 0 Å². The van der Waals surface area contributed by atoms with Crippen LogP contribution in [-0.4, -0.2) is 27.3 Å². The predicted octanol–water partition coefficient (Wildman–Crippen LogP) is 5.36. The molecule has 5 nitrogen and oxygen atoms in total. The molecule has 0 saturated heterocycles. The van der Waals surface area contributed by atoms with Gasteiger partial charge >= 0.3 is 5.97 Å². The summed E-state index contributed by atoms with van der Waals surface area (Å²) >= 11 is 10.2. The van der Waals surface area contributed by atoms with Crippen LogP contribution >= 0.6 is 47.8 Å². The van der Waals surface area contributed by atoms with Gasteiger partial charge in [-0.25, -0.2) is 4.79 Å². The number of halogens is 3. The number of carbonyl (C=O) groups is 1. The molecule has 0 atom stereocenters. The third-order valence-corrected chi connectivity index (χ3v) is 5.33. The molecule has 0 spiro atoms. The van der Waals surface area contributed by atoms with E-state index >= 15 is 0 Å². The Hall–Kier alpha value is -1.25. The highest BCUT2D eigenvalue weighted by atomic mass is 79.9. The van der Waals surface area contributed by atoms with Crippen molar-refractivity contribution in [2.75, 3.05) is 21.3 Å². The molecule has 134 valence electrons. The average molecular weight is 539 g/mol. The van der Waals surface area contributed by atoms with E-state index in [4.69, 9.17) is 18.9 Å². The number of rotatable bonds is 6. The van der Waals surface area contributed by atoms with Crippen molar-refractivity contribution in [3.05, 3.63) is 48.8 Å². The zero-order valence-electron chi connectivity index (χ0n) is 13.7. The lowest BCUT2D eigenvalue weighted by molar-refractivity contribution is 0.0469. The Morgan fingerprint density at radius 3 is 1.96 bits per heavy atom. The Labute approximate surface area is 171 Å². The van der Waals surface area contributed by atoms with Crippen molar-refractivity contribution in [1.82, 2.24) is 0 Å². The van der Waals surface area contributed by atoms with Crippen molar-refractivity contribution in [2.45, 2.75) is 6.61 Å². The Bertz CT molecular complexity index is 761. The van der Waals surface area contributed by atoms with Crippen LogP contribution in [0, 0.1) is 0 Å². The van der Waals surface area contributed by atoms with Crippen molar-refractivity contribution in [2.24, 2.45) is 0 Å². The molecule has 0 N–H and O–H groups in total. The summed E-state index contributed by atoms with van der Waals surface area (Å²) in [6.45, 7) is 0.133. The van der Waals surface area contributed by atoms with E-state index < -0.39 is 5.97 Å². The molecule has 0 aliphatic carbocycles. The standard InChI is InChI=1S/C17H15Br3O5/c1-22-14-12(19)11(13(20)15(23-2)16(14)24-3)17(21)25-8-9-5-4-6-10(18)7-9/h4-7H,8H2,1-3H3. The van der Waals surface area contributed by atoms with E-state index in [1.54, 1.807) is 0 Å². The van der Waals surface area contributed by atoms with E-state index in [1.807, 2.05) is 24.3 Å². The van der Waals surface area contributed by atoms with Gasteiger partial charge < -0.3 is 18.9 Å². The highest BCUT2D eigenvalue weighted by Gasteiger charge is 2.28. The fraction of sp³-hybridized carbons (Fsp3) is 0.235. The van der Waals surface area contributed by atoms with Crippen molar-refractivity contribution in [3.8, 4) is 17.2 Å². The Morgan fingerprint density at radius 2 is 1.48 bits per heavy atom. The fourth-order valence-electron chi connectivity index (χ4n) is 2.20. The Morgan fingerprint density at radius 1 is 0.920 bits per heavy atom. The van der Waals surface area contributed by atoms with Gasteiger partial charge in [0.05, 0.1) is 35.8 Å². The smallest absolute Gasteiger partial charge is 0.341 e. The molecule has 8 heteroatoms. The maximum Gasteiger partial charge on any atom is 0.341 e. The van der Waals surface area contributed by atoms with Crippen molar-refractivity contribution in [1.29, 1.82) is 0 Å². The first-order valence-electron chi connectivity index (χ1n) is 7.03. The van der Waals surface area contributed by atoms with Crippen LogP contribution in [0.1, 0.15) is 15.9 Å². The summed E-state index contributed by atoms with van der Waals surface area (Å²) in [5.74, 6) is 0.527. The SMILES string of the molecule is COc1c(Br)c(C(=O)OCc2cccc(Br)c2)c(Br)c(OC)c1OC. The van der Waals surface area contributed by atoms with Gasteiger partial charge in [-0.1, -0.05) is 28.1 Å². The van der Waals surface area contributed by atoms with Crippen LogP contribution in [-0.2, 0) is 11.3 Å². The number of carbonyl (C=O) groups excluding carboxylic acids is 1. The molecule has 0 aromatic heterocycles. The number of hydrogen-bond acceptors (Lipinski definition) is 5. The zero-order chi connectivity index (χ0) is 18.6. The molecule has 0 fully saturated rings.